The van der Waals surface area contributed by atoms with Crippen molar-refractivity contribution in [2.75, 3.05) is 25.5 Å². The Hall–Kier alpha value is -0.930. The molecule has 4 heteroatoms. The van der Waals surface area contributed by atoms with E-state index in [0.717, 1.165) is 18.0 Å². The Morgan fingerprint density at radius 1 is 1.33 bits per heavy atom. The summed E-state index contributed by atoms with van der Waals surface area (Å²) in [4.78, 5) is 2.42. The second kappa shape index (κ2) is 7.37. The molecule has 1 fully saturated rings. The Kier molecular flexibility index (Phi) is 5.77. The third kappa shape index (κ3) is 4.79. The predicted molar refractivity (Wildman–Crippen MR) is 90.5 cm³/mol. The van der Waals surface area contributed by atoms with Gasteiger partial charge >= 0.3 is 0 Å². The Labute approximate surface area is 133 Å². The van der Waals surface area contributed by atoms with E-state index >= 15 is 0 Å². The fourth-order valence-electron chi connectivity index (χ4n) is 2.94. The summed E-state index contributed by atoms with van der Waals surface area (Å²) >= 11 is 6.29. The molecule has 1 N–H and O–H groups in total. The van der Waals surface area contributed by atoms with E-state index in [1.807, 2.05) is 32.0 Å². The van der Waals surface area contributed by atoms with Gasteiger partial charge in [0, 0.05) is 18.3 Å². The lowest BCUT2D eigenvalue weighted by molar-refractivity contribution is 0.197. The molecule has 1 saturated heterocycles. The van der Waals surface area contributed by atoms with E-state index in [2.05, 4.69) is 24.2 Å². The number of nitrogens with zero attached hydrogens (tertiary/aromatic N) is 1. The molecule has 21 heavy (non-hydrogen) atoms. The number of ether oxygens (including phenoxy) is 1. The Morgan fingerprint density at radius 3 is 2.71 bits per heavy atom. The maximum Gasteiger partial charge on any atom is 0.138 e. The normalized spacial score (nSPS) is 21.3. The highest BCUT2D eigenvalue weighted by Crippen LogP contribution is 2.30. The summed E-state index contributed by atoms with van der Waals surface area (Å²) < 4.78 is 5.67. The molecule has 3 nitrogen and oxygen atoms in total. The number of piperidine rings is 1. The number of anilines is 1. The first-order valence-corrected chi connectivity index (χ1v) is 8.25. The molecule has 1 aromatic rings. The summed E-state index contributed by atoms with van der Waals surface area (Å²) in [6, 6.07) is 6.40. The van der Waals surface area contributed by atoms with Gasteiger partial charge in [0.1, 0.15) is 5.75 Å². The van der Waals surface area contributed by atoms with Crippen LogP contribution in [-0.4, -0.2) is 37.2 Å². The number of hydrogen-bond acceptors (Lipinski definition) is 3. The van der Waals surface area contributed by atoms with Gasteiger partial charge in [0.2, 0.25) is 0 Å². The number of nitrogens with one attached hydrogen (secondary N) is 1. The molecule has 1 aliphatic rings. The first-order chi connectivity index (χ1) is 9.95. The van der Waals surface area contributed by atoms with Gasteiger partial charge in [-0.15, -0.1) is 0 Å². The summed E-state index contributed by atoms with van der Waals surface area (Å²) in [6.45, 7) is 8.65. The SMILES string of the molecule is CC(C)Oc1ccc(NC(C)C2CCCN(C)C2)cc1Cl. The van der Waals surface area contributed by atoms with Crippen LogP contribution in [0.25, 0.3) is 0 Å². The largest absolute Gasteiger partial charge is 0.489 e. The minimum atomic E-state index is 0.137. The molecule has 1 heterocycles. The molecular weight excluding hydrogens is 284 g/mol. The molecule has 0 spiro atoms. The average molecular weight is 311 g/mol. The van der Waals surface area contributed by atoms with E-state index in [9.17, 15) is 0 Å². The van der Waals surface area contributed by atoms with Gasteiger partial charge < -0.3 is 15.0 Å². The van der Waals surface area contributed by atoms with Crippen molar-refractivity contribution in [3.63, 3.8) is 0 Å². The van der Waals surface area contributed by atoms with Crippen LogP contribution < -0.4 is 10.1 Å². The highest BCUT2D eigenvalue weighted by molar-refractivity contribution is 6.32. The lowest BCUT2D eigenvalue weighted by Gasteiger charge is -2.34. The highest BCUT2D eigenvalue weighted by atomic mass is 35.5. The van der Waals surface area contributed by atoms with Crippen LogP contribution >= 0.6 is 11.6 Å². The van der Waals surface area contributed by atoms with Crippen LogP contribution in [0.5, 0.6) is 5.75 Å². The monoisotopic (exact) mass is 310 g/mol. The van der Waals surface area contributed by atoms with Crippen molar-refractivity contribution >= 4 is 17.3 Å². The minimum Gasteiger partial charge on any atom is -0.489 e. The van der Waals surface area contributed by atoms with Gasteiger partial charge in [0.05, 0.1) is 11.1 Å². The van der Waals surface area contributed by atoms with Crippen LogP contribution in [0.2, 0.25) is 5.02 Å². The Bertz CT molecular complexity index is 464. The molecule has 118 valence electrons. The smallest absolute Gasteiger partial charge is 0.138 e. The maximum atomic E-state index is 6.29. The summed E-state index contributed by atoms with van der Waals surface area (Å²) in [5.41, 5.74) is 1.07. The summed E-state index contributed by atoms with van der Waals surface area (Å²) in [6.07, 6.45) is 2.72. The predicted octanol–water partition coefficient (Wildman–Crippen LogP) is 4.27. The van der Waals surface area contributed by atoms with Crippen molar-refractivity contribution in [1.82, 2.24) is 4.90 Å². The number of halogens is 1. The van der Waals surface area contributed by atoms with Crippen LogP contribution in [0, 0.1) is 5.92 Å². The van der Waals surface area contributed by atoms with E-state index in [1.165, 1.54) is 19.4 Å². The van der Waals surface area contributed by atoms with Crippen molar-refractivity contribution in [2.45, 2.75) is 45.8 Å². The van der Waals surface area contributed by atoms with Gasteiger partial charge in [-0.2, -0.15) is 0 Å². The van der Waals surface area contributed by atoms with Crippen molar-refractivity contribution in [1.29, 1.82) is 0 Å². The number of likely N-dealkylation sites (tertiary alicyclic amines) is 1. The van der Waals surface area contributed by atoms with Gasteiger partial charge in [-0.3, -0.25) is 0 Å². The van der Waals surface area contributed by atoms with Crippen LogP contribution in [0.4, 0.5) is 5.69 Å². The molecule has 1 aromatic carbocycles. The Balaban J connectivity index is 1.97. The lowest BCUT2D eigenvalue weighted by atomic mass is 9.92. The molecule has 0 aliphatic carbocycles. The van der Waals surface area contributed by atoms with E-state index in [4.69, 9.17) is 16.3 Å². The van der Waals surface area contributed by atoms with E-state index in [-0.39, 0.29) is 6.10 Å². The average Bonchev–Trinajstić information content (AvgIpc) is 2.41. The lowest BCUT2D eigenvalue weighted by Crippen LogP contribution is -2.39. The molecule has 0 saturated carbocycles. The van der Waals surface area contributed by atoms with Gasteiger partial charge in [-0.05, 0) is 71.3 Å². The first kappa shape index (κ1) is 16.4. The summed E-state index contributed by atoms with van der Waals surface area (Å²) in [5.74, 6) is 1.44. The van der Waals surface area contributed by atoms with Crippen LogP contribution in [0.1, 0.15) is 33.6 Å². The fraction of sp³-hybridized carbons (Fsp3) is 0.647. The van der Waals surface area contributed by atoms with Crippen LogP contribution in [-0.2, 0) is 0 Å². The number of benzene rings is 1. The zero-order valence-corrected chi connectivity index (χ0v) is 14.3. The highest BCUT2D eigenvalue weighted by Gasteiger charge is 2.22. The summed E-state index contributed by atoms with van der Waals surface area (Å²) in [5, 5.41) is 4.26. The summed E-state index contributed by atoms with van der Waals surface area (Å²) in [7, 11) is 2.20. The maximum absolute atomic E-state index is 6.29. The van der Waals surface area contributed by atoms with Crippen LogP contribution in [0.3, 0.4) is 0 Å². The zero-order valence-electron chi connectivity index (χ0n) is 13.5. The molecule has 0 amide bonds. The van der Waals surface area contributed by atoms with Crippen molar-refractivity contribution in [3.05, 3.63) is 23.2 Å². The molecule has 0 aromatic heterocycles. The van der Waals surface area contributed by atoms with Crippen LogP contribution in [0.15, 0.2) is 18.2 Å². The number of hydrogen-bond donors (Lipinski definition) is 1. The third-order valence-electron chi connectivity index (χ3n) is 4.06. The van der Waals surface area contributed by atoms with Crippen molar-refractivity contribution in [3.8, 4) is 5.75 Å². The van der Waals surface area contributed by atoms with Crippen molar-refractivity contribution in [2.24, 2.45) is 5.92 Å². The molecule has 1 aliphatic heterocycles. The topological polar surface area (TPSA) is 24.5 Å². The van der Waals surface area contributed by atoms with Gasteiger partial charge in [-0.1, -0.05) is 11.6 Å². The molecular formula is C17H27ClN2O. The standard InChI is InChI=1S/C17H27ClN2O/c1-12(2)21-17-8-7-15(10-16(17)18)19-13(3)14-6-5-9-20(4)11-14/h7-8,10,12-14,19H,5-6,9,11H2,1-4H3. The van der Waals surface area contributed by atoms with Gasteiger partial charge in [-0.25, -0.2) is 0 Å². The van der Waals surface area contributed by atoms with E-state index in [0.29, 0.717) is 17.0 Å². The fourth-order valence-corrected chi connectivity index (χ4v) is 3.16. The molecule has 0 bridgehead atoms. The third-order valence-corrected chi connectivity index (χ3v) is 4.35. The molecule has 2 rings (SSSR count). The van der Waals surface area contributed by atoms with Gasteiger partial charge in [0.25, 0.3) is 0 Å². The Morgan fingerprint density at radius 2 is 2.10 bits per heavy atom. The second-order valence-electron chi connectivity index (χ2n) is 6.41. The molecule has 2 atom stereocenters. The zero-order chi connectivity index (χ0) is 15.4. The molecule has 0 radical (unpaired) electrons. The molecule has 2 unspecified atom stereocenters. The first-order valence-electron chi connectivity index (χ1n) is 7.87. The minimum absolute atomic E-state index is 0.137. The second-order valence-corrected chi connectivity index (χ2v) is 6.82. The van der Waals surface area contributed by atoms with Gasteiger partial charge in [0.15, 0.2) is 0 Å². The van der Waals surface area contributed by atoms with E-state index in [1.54, 1.807) is 0 Å². The van der Waals surface area contributed by atoms with E-state index < -0.39 is 0 Å². The number of rotatable bonds is 5. The quantitative estimate of drug-likeness (QED) is 0.879. The van der Waals surface area contributed by atoms with Crippen molar-refractivity contribution < 1.29 is 4.74 Å².